The van der Waals surface area contributed by atoms with E-state index in [2.05, 4.69) is 0 Å². The van der Waals surface area contributed by atoms with Crippen molar-refractivity contribution in [3.05, 3.63) is 51.6 Å². The molecule has 0 radical (unpaired) electrons. The molecule has 1 heterocycles. The number of nitrogens with zero attached hydrogens (tertiary/aromatic N) is 2. The number of benzene rings is 1. The second-order valence-electron chi connectivity index (χ2n) is 4.02. The van der Waals surface area contributed by atoms with Gasteiger partial charge in [-0.1, -0.05) is 12.2 Å². The Morgan fingerprint density at radius 1 is 1.32 bits per heavy atom. The number of carbonyl (C=O) groups excluding carboxylic acids is 1. The molecule has 1 aromatic carbocycles. The van der Waals surface area contributed by atoms with E-state index in [0.29, 0.717) is 19.0 Å². The number of halogens is 2. The van der Waals surface area contributed by atoms with Crippen molar-refractivity contribution in [3.63, 3.8) is 0 Å². The van der Waals surface area contributed by atoms with Gasteiger partial charge >= 0.3 is 5.69 Å². The maximum atomic E-state index is 13.8. The molecule has 0 saturated heterocycles. The lowest BCUT2D eigenvalue weighted by Gasteiger charge is -2.23. The first-order valence-corrected chi connectivity index (χ1v) is 5.59. The molecule has 0 aliphatic carbocycles. The summed E-state index contributed by atoms with van der Waals surface area (Å²) in [5.74, 6) is -3.39. The Morgan fingerprint density at radius 2 is 2.05 bits per heavy atom. The van der Waals surface area contributed by atoms with E-state index in [9.17, 15) is 23.7 Å². The summed E-state index contributed by atoms with van der Waals surface area (Å²) >= 11 is 0. The first-order chi connectivity index (χ1) is 9.02. The molecular weight excluding hydrogens is 258 g/mol. The summed E-state index contributed by atoms with van der Waals surface area (Å²) in [6.45, 7) is 0.567. The van der Waals surface area contributed by atoms with Crippen LogP contribution in [0, 0.1) is 21.7 Å². The average Bonchev–Trinajstić information content (AvgIpc) is 2.39. The highest BCUT2D eigenvalue weighted by molar-refractivity contribution is 5.95. The lowest BCUT2D eigenvalue weighted by molar-refractivity contribution is -0.387. The minimum absolute atomic E-state index is 0.237. The third-order valence-electron chi connectivity index (χ3n) is 2.83. The molecule has 0 spiro atoms. The van der Waals surface area contributed by atoms with E-state index < -0.39 is 33.7 Å². The molecular formula is C12H10F2N2O3. The summed E-state index contributed by atoms with van der Waals surface area (Å²) in [6.07, 6.45) is 4.14. The average molecular weight is 268 g/mol. The predicted octanol–water partition coefficient (Wildman–Crippen LogP) is 2.28. The van der Waals surface area contributed by atoms with Gasteiger partial charge in [-0.15, -0.1) is 0 Å². The van der Waals surface area contributed by atoms with Crippen LogP contribution in [0.15, 0.2) is 24.3 Å². The Hall–Kier alpha value is -2.31. The van der Waals surface area contributed by atoms with Crippen molar-refractivity contribution < 1.29 is 18.5 Å². The Morgan fingerprint density at radius 3 is 2.63 bits per heavy atom. The molecule has 5 nitrogen and oxygen atoms in total. The summed E-state index contributed by atoms with van der Waals surface area (Å²) in [5, 5.41) is 10.6. The second-order valence-corrected chi connectivity index (χ2v) is 4.02. The summed E-state index contributed by atoms with van der Waals surface area (Å²) in [4.78, 5) is 22.9. The fourth-order valence-corrected chi connectivity index (χ4v) is 1.86. The molecule has 0 saturated carbocycles. The van der Waals surface area contributed by atoms with Crippen LogP contribution in [0.3, 0.4) is 0 Å². The van der Waals surface area contributed by atoms with Crippen molar-refractivity contribution in [2.45, 2.75) is 6.42 Å². The quantitative estimate of drug-likeness (QED) is 0.469. The fraction of sp³-hybridized carbons (Fsp3) is 0.250. The normalized spacial score (nSPS) is 14.5. The number of amides is 1. The number of rotatable bonds is 2. The van der Waals surface area contributed by atoms with Gasteiger partial charge in [0.2, 0.25) is 5.82 Å². The fourth-order valence-electron chi connectivity index (χ4n) is 1.86. The minimum Gasteiger partial charge on any atom is -0.334 e. The van der Waals surface area contributed by atoms with E-state index in [1.54, 1.807) is 6.08 Å². The van der Waals surface area contributed by atoms with Gasteiger partial charge in [-0.25, -0.2) is 4.39 Å². The monoisotopic (exact) mass is 268 g/mol. The number of hydrogen-bond donors (Lipinski definition) is 0. The van der Waals surface area contributed by atoms with Gasteiger partial charge in [-0.3, -0.25) is 14.9 Å². The molecule has 1 aliphatic heterocycles. The molecule has 0 unspecified atom stereocenters. The largest absolute Gasteiger partial charge is 0.334 e. The van der Waals surface area contributed by atoms with Gasteiger partial charge in [0.15, 0.2) is 0 Å². The van der Waals surface area contributed by atoms with Crippen LogP contribution in [-0.4, -0.2) is 28.8 Å². The molecule has 0 aromatic heterocycles. The third kappa shape index (κ3) is 2.44. The lowest BCUT2D eigenvalue weighted by Crippen LogP contribution is -2.35. The highest BCUT2D eigenvalue weighted by Crippen LogP contribution is 2.24. The van der Waals surface area contributed by atoms with Crippen LogP contribution in [-0.2, 0) is 0 Å². The second kappa shape index (κ2) is 5.13. The number of nitro groups is 1. The van der Waals surface area contributed by atoms with E-state index in [1.807, 2.05) is 6.08 Å². The Kier molecular flexibility index (Phi) is 3.55. The van der Waals surface area contributed by atoms with Crippen LogP contribution < -0.4 is 0 Å². The molecule has 19 heavy (non-hydrogen) atoms. The Bertz CT molecular complexity index is 572. The van der Waals surface area contributed by atoms with Crippen molar-refractivity contribution in [2.75, 3.05) is 13.1 Å². The van der Waals surface area contributed by atoms with E-state index in [4.69, 9.17) is 0 Å². The molecule has 2 rings (SSSR count). The van der Waals surface area contributed by atoms with E-state index in [-0.39, 0.29) is 6.54 Å². The van der Waals surface area contributed by atoms with Crippen LogP contribution in [0.2, 0.25) is 0 Å². The SMILES string of the molecule is O=C(c1c(F)ccc([N+](=O)[O-])c1F)N1CC=CCC1. The highest BCUT2D eigenvalue weighted by atomic mass is 19.1. The lowest BCUT2D eigenvalue weighted by atomic mass is 10.1. The molecule has 100 valence electrons. The van der Waals surface area contributed by atoms with Crippen molar-refractivity contribution in [2.24, 2.45) is 0 Å². The first kappa shape index (κ1) is 13.1. The molecule has 1 amide bonds. The van der Waals surface area contributed by atoms with Gasteiger partial charge in [-0.2, -0.15) is 4.39 Å². The van der Waals surface area contributed by atoms with E-state index >= 15 is 0 Å². The Balaban J connectivity index is 2.43. The number of carbonyl (C=O) groups is 1. The van der Waals surface area contributed by atoms with Gasteiger partial charge < -0.3 is 4.90 Å². The van der Waals surface area contributed by atoms with Crippen molar-refractivity contribution in [1.82, 2.24) is 4.90 Å². The smallest absolute Gasteiger partial charge is 0.305 e. The van der Waals surface area contributed by atoms with Crippen LogP contribution >= 0.6 is 0 Å². The van der Waals surface area contributed by atoms with Crippen LogP contribution in [0.5, 0.6) is 0 Å². The standard InChI is InChI=1S/C12H10F2N2O3/c13-8-4-5-9(16(18)19)11(14)10(8)12(17)15-6-2-1-3-7-15/h1-2,4-5H,3,6-7H2. The zero-order chi connectivity index (χ0) is 14.0. The molecule has 0 bridgehead atoms. The summed E-state index contributed by atoms with van der Waals surface area (Å²) in [7, 11) is 0. The summed E-state index contributed by atoms with van der Waals surface area (Å²) in [5.41, 5.74) is -1.78. The number of nitro benzene ring substituents is 1. The highest BCUT2D eigenvalue weighted by Gasteiger charge is 2.29. The summed E-state index contributed by atoms with van der Waals surface area (Å²) in [6, 6.07) is 1.44. The minimum atomic E-state index is -1.43. The molecule has 7 heteroatoms. The van der Waals surface area contributed by atoms with Crippen molar-refractivity contribution in [1.29, 1.82) is 0 Å². The van der Waals surface area contributed by atoms with Crippen molar-refractivity contribution in [3.8, 4) is 0 Å². The zero-order valence-electron chi connectivity index (χ0n) is 9.81. The molecule has 1 aliphatic rings. The number of hydrogen-bond acceptors (Lipinski definition) is 3. The van der Waals surface area contributed by atoms with E-state index in [0.717, 1.165) is 6.07 Å². The summed E-state index contributed by atoms with van der Waals surface area (Å²) < 4.78 is 27.4. The van der Waals surface area contributed by atoms with Gasteiger partial charge in [0, 0.05) is 19.2 Å². The van der Waals surface area contributed by atoms with E-state index in [1.165, 1.54) is 4.90 Å². The molecule has 0 atom stereocenters. The van der Waals surface area contributed by atoms with Crippen LogP contribution in [0.25, 0.3) is 0 Å². The van der Waals surface area contributed by atoms with Gasteiger partial charge in [-0.05, 0) is 12.5 Å². The van der Waals surface area contributed by atoms with Crippen molar-refractivity contribution >= 4 is 11.6 Å². The molecule has 0 fully saturated rings. The van der Waals surface area contributed by atoms with Gasteiger partial charge in [0.05, 0.1) is 4.92 Å². The first-order valence-electron chi connectivity index (χ1n) is 5.59. The maximum absolute atomic E-state index is 13.8. The predicted molar refractivity (Wildman–Crippen MR) is 62.7 cm³/mol. The van der Waals surface area contributed by atoms with Crippen LogP contribution in [0.1, 0.15) is 16.8 Å². The molecule has 0 N–H and O–H groups in total. The van der Waals surface area contributed by atoms with Crippen LogP contribution in [0.4, 0.5) is 14.5 Å². The third-order valence-corrected chi connectivity index (χ3v) is 2.83. The zero-order valence-corrected chi connectivity index (χ0v) is 9.81. The molecule has 1 aromatic rings. The maximum Gasteiger partial charge on any atom is 0.305 e. The Labute approximate surface area is 107 Å². The van der Waals surface area contributed by atoms with Gasteiger partial charge in [0.25, 0.3) is 5.91 Å². The topological polar surface area (TPSA) is 63.4 Å². The van der Waals surface area contributed by atoms with Gasteiger partial charge in [0.1, 0.15) is 11.4 Å².